The van der Waals surface area contributed by atoms with E-state index in [9.17, 15) is 0 Å². The first-order valence-electron chi connectivity index (χ1n) is 7.86. The zero-order valence-electron chi connectivity index (χ0n) is 14.7. The normalized spacial score (nSPS) is 10.9. The highest BCUT2D eigenvalue weighted by Gasteiger charge is 2.17. The van der Waals surface area contributed by atoms with Gasteiger partial charge in [0.1, 0.15) is 5.82 Å². The lowest BCUT2D eigenvalue weighted by Crippen LogP contribution is -2.00. The van der Waals surface area contributed by atoms with E-state index < -0.39 is 0 Å². The van der Waals surface area contributed by atoms with E-state index in [1.54, 1.807) is 14.2 Å². The van der Waals surface area contributed by atoms with Gasteiger partial charge >= 0.3 is 0 Å². The summed E-state index contributed by atoms with van der Waals surface area (Å²) in [6.45, 7) is 6.13. The Bertz CT molecular complexity index is 913. The molecule has 2 aromatic carbocycles. The predicted octanol–water partition coefficient (Wildman–Crippen LogP) is 4.43. The summed E-state index contributed by atoms with van der Waals surface area (Å²) in [6, 6.07) is 10.2. The van der Waals surface area contributed by atoms with Crippen molar-refractivity contribution in [2.75, 3.05) is 20.0 Å². The molecule has 124 valence electrons. The van der Waals surface area contributed by atoms with Crippen LogP contribution in [0.15, 0.2) is 30.3 Å². The summed E-state index contributed by atoms with van der Waals surface area (Å²) in [6.07, 6.45) is 0. The molecule has 0 radical (unpaired) electrons. The molecule has 2 N–H and O–H groups in total. The number of pyridine rings is 1. The molecular formula is C20H22N2O2. The molecular weight excluding hydrogens is 300 g/mol. The first kappa shape index (κ1) is 16.1. The second-order valence-electron chi connectivity index (χ2n) is 6.01. The molecule has 0 aliphatic heterocycles. The fraction of sp³-hybridized carbons (Fsp3) is 0.250. The van der Waals surface area contributed by atoms with E-state index in [4.69, 9.17) is 15.2 Å². The number of aryl methyl sites for hydroxylation is 3. The molecule has 3 rings (SSSR count). The fourth-order valence-electron chi connectivity index (χ4n) is 3.30. The van der Waals surface area contributed by atoms with Gasteiger partial charge in [-0.2, -0.15) is 0 Å². The molecule has 1 aromatic heterocycles. The monoisotopic (exact) mass is 322 g/mol. The maximum Gasteiger partial charge on any atom is 0.169 e. The van der Waals surface area contributed by atoms with Crippen LogP contribution >= 0.6 is 0 Å². The Hall–Kier alpha value is -2.75. The van der Waals surface area contributed by atoms with Crippen LogP contribution in [-0.2, 0) is 0 Å². The van der Waals surface area contributed by atoms with Crippen LogP contribution in [0.2, 0.25) is 0 Å². The van der Waals surface area contributed by atoms with Crippen LogP contribution in [0.3, 0.4) is 0 Å². The van der Waals surface area contributed by atoms with E-state index in [2.05, 4.69) is 31.0 Å². The van der Waals surface area contributed by atoms with Gasteiger partial charge in [-0.15, -0.1) is 0 Å². The number of methoxy groups -OCH3 is 2. The third kappa shape index (κ3) is 2.44. The highest BCUT2D eigenvalue weighted by Crippen LogP contribution is 2.42. The van der Waals surface area contributed by atoms with Crippen LogP contribution in [0.1, 0.15) is 16.7 Å². The van der Waals surface area contributed by atoms with Gasteiger partial charge in [0.2, 0.25) is 0 Å². The van der Waals surface area contributed by atoms with Crippen LogP contribution in [-0.4, -0.2) is 19.2 Å². The summed E-state index contributed by atoms with van der Waals surface area (Å²) in [5.74, 6) is 1.91. The Balaban J connectivity index is 2.40. The average Bonchev–Trinajstić information content (AvgIpc) is 2.54. The second kappa shape index (κ2) is 6.04. The van der Waals surface area contributed by atoms with E-state index in [1.807, 2.05) is 25.1 Å². The number of rotatable bonds is 3. The average molecular weight is 322 g/mol. The molecule has 0 amide bonds. The topological polar surface area (TPSA) is 57.4 Å². The van der Waals surface area contributed by atoms with E-state index in [1.165, 1.54) is 11.1 Å². The highest BCUT2D eigenvalue weighted by molar-refractivity contribution is 6.00. The number of hydrogen-bond donors (Lipinski definition) is 1. The molecule has 0 fully saturated rings. The minimum absolute atomic E-state index is 0.495. The summed E-state index contributed by atoms with van der Waals surface area (Å²) < 4.78 is 11.2. The van der Waals surface area contributed by atoms with Crippen molar-refractivity contribution in [3.8, 4) is 22.8 Å². The quantitative estimate of drug-likeness (QED) is 0.775. The van der Waals surface area contributed by atoms with Gasteiger partial charge in [-0.3, -0.25) is 0 Å². The van der Waals surface area contributed by atoms with Crippen molar-refractivity contribution in [3.05, 3.63) is 47.0 Å². The zero-order valence-corrected chi connectivity index (χ0v) is 14.7. The van der Waals surface area contributed by atoms with Gasteiger partial charge in [-0.05, 0) is 49.6 Å². The predicted molar refractivity (Wildman–Crippen MR) is 98.9 cm³/mol. The van der Waals surface area contributed by atoms with Gasteiger partial charge in [-0.1, -0.05) is 18.2 Å². The fourth-order valence-corrected chi connectivity index (χ4v) is 3.30. The molecule has 0 aliphatic rings. The smallest absolute Gasteiger partial charge is 0.169 e. The zero-order chi connectivity index (χ0) is 17.4. The van der Waals surface area contributed by atoms with Crippen molar-refractivity contribution >= 4 is 16.6 Å². The number of hydrogen-bond acceptors (Lipinski definition) is 4. The first-order valence-corrected chi connectivity index (χ1v) is 7.86. The Kier molecular flexibility index (Phi) is 4.06. The summed E-state index contributed by atoms with van der Waals surface area (Å²) in [7, 11) is 3.29. The largest absolute Gasteiger partial charge is 0.493 e. The van der Waals surface area contributed by atoms with Crippen molar-refractivity contribution in [2.45, 2.75) is 20.8 Å². The Morgan fingerprint density at radius 3 is 2.04 bits per heavy atom. The Morgan fingerprint density at radius 1 is 0.833 bits per heavy atom. The molecule has 4 heteroatoms. The van der Waals surface area contributed by atoms with Crippen molar-refractivity contribution in [3.63, 3.8) is 0 Å². The molecule has 0 saturated carbocycles. The van der Waals surface area contributed by atoms with E-state index in [0.29, 0.717) is 11.6 Å². The molecule has 4 nitrogen and oxygen atoms in total. The molecule has 3 aromatic rings. The van der Waals surface area contributed by atoms with Gasteiger partial charge in [-0.25, -0.2) is 4.98 Å². The van der Waals surface area contributed by atoms with Gasteiger partial charge in [0.25, 0.3) is 0 Å². The molecule has 0 bridgehead atoms. The van der Waals surface area contributed by atoms with E-state index in [0.717, 1.165) is 33.3 Å². The minimum Gasteiger partial charge on any atom is -0.493 e. The summed E-state index contributed by atoms with van der Waals surface area (Å²) >= 11 is 0. The standard InChI is InChI=1S/C20H22N2O2/c1-11-7-6-8-12(2)17(11)16-10-14-15(20(21)22-16)9-13(3)18(23-4)19(14)24-5/h6-10H,1-5H3,(H2,21,22). The van der Waals surface area contributed by atoms with Crippen molar-refractivity contribution in [2.24, 2.45) is 0 Å². The van der Waals surface area contributed by atoms with Gasteiger partial charge in [0.05, 0.1) is 19.9 Å². The van der Waals surface area contributed by atoms with E-state index >= 15 is 0 Å². The maximum absolute atomic E-state index is 6.27. The molecule has 0 saturated heterocycles. The second-order valence-corrected chi connectivity index (χ2v) is 6.01. The lowest BCUT2D eigenvalue weighted by atomic mass is 9.97. The Morgan fingerprint density at radius 2 is 1.46 bits per heavy atom. The maximum atomic E-state index is 6.27. The number of ether oxygens (including phenoxy) is 2. The molecule has 0 aliphatic carbocycles. The highest BCUT2D eigenvalue weighted by atomic mass is 16.5. The van der Waals surface area contributed by atoms with Gasteiger partial charge in [0, 0.05) is 16.3 Å². The molecule has 0 spiro atoms. The van der Waals surface area contributed by atoms with Crippen LogP contribution in [0.25, 0.3) is 22.0 Å². The van der Waals surface area contributed by atoms with E-state index in [-0.39, 0.29) is 0 Å². The summed E-state index contributed by atoms with van der Waals surface area (Å²) in [4.78, 5) is 4.65. The number of aromatic nitrogens is 1. The molecule has 1 heterocycles. The molecule has 24 heavy (non-hydrogen) atoms. The first-order chi connectivity index (χ1) is 11.5. The van der Waals surface area contributed by atoms with Gasteiger partial charge in [0.15, 0.2) is 11.5 Å². The van der Waals surface area contributed by atoms with Crippen molar-refractivity contribution in [1.82, 2.24) is 4.98 Å². The van der Waals surface area contributed by atoms with Crippen LogP contribution in [0, 0.1) is 20.8 Å². The minimum atomic E-state index is 0.495. The van der Waals surface area contributed by atoms with Crippen LogP contribution < -0.4 is 15.2 Å². The number of benzene rings is 2. The number of nitrogens with zero attached hydrogens (tertiary/aromatic N) is 1. The number of anilines is 1. The molecule has 0 unspecified atom stereocenters. The lowest BCUT2D eigenvalue weighted by Gasteiger charge is -2.16. The van der Waals surface area contributed by atoms with Gasteiger partial charge < -0.3 is 15.2 Å². The third-order valence-electron chi connectivity index (χ3n) is 4.40. The molecule has 0 atom stereocenters. The third-order valence-corrected chi connectivity index (χ3v) is 4.40. The Labute approximate surface area is 142 Å². The number of fused-ring (bicyclic) bond motifs is 1. The summed E-state index contributed by atoms with van der Waals surface area (Å²) in [5.41, 5.74) is 11.5. The SMILES string of the molecule is COc1c(C)cc2c(N)nc(-c3c(C)cccc3C)cc2c1OC. The van der Waals surface area contributed by atoms with Crippen LogP contribution in [0.4, 0.5) is 5.82 Å². The van der Waals surface area contributed by atoms with Crippen LogP contribution in [0.5, 0.6) is 11.5 Å². The number of nitrogens with two attached hydrogens (primary N) is 1. The van der Waals surface area contributed by atoms with Crippen molar-refractivity contribution in [1.29, 1.82) is 0 Å². The number of nitrogen functional groups attached to an aromatic ring is 1. The van der Waals surface area contributed by atoms with Crippen molar-refractivity contribution < 1.29 is 9.47 Å². The lowest BCUT2D eigenvalue weighted by molar-refractivity contribution is 0.356. The summed E-state index contributed by atoms with van der Waals surface area (Å²) in [5, 5.41) is 1.78.